The third-order valence-electron chi connectivity index (χ3n) is 5.38. The van der Waals surface area contributed by atoms with Crippen LogP contribution in [0, 0.1) is 0 Å². The maximum absolute atomic E-state index is 12.9. The molecule has 0 radical (unpaired) electrons. The molecule has 3 heterocycles. The fourth-order valence-corrected chi connectivity index (χ4v) is 5.16. The van der Waals surface area contributed by atoms with Crippen molar-refractivity contribution in [2.45, 2.75) is 30.1 Å². The molecule has 2 aromatic heterocycles. The van der Waals surface area contributed by atoms with Gasteiger partial charge in [0.1, 0.15) is 5.82 Å². The molecule has 1 aromatic carbocycles. The number of sulfonamides is 1. The first-order chi connectivity index (χ1) is 13.6. The lowest BCUT2D eigenvalue weighted by Gasteiger charge is -2.26. The highest BCUT2D eigenvalue weighted by Gasteiger charge is 2.32. The molecule has 5 rings (SSSR count). The van der Waals surface area contributed by atoms with Gasteiger partial charge in [-0.05, 0) is 43.5 Å². The summed E-state index contributed by atoms with van der Waals surface area (Å²) in [5.74, 6) is 2.24. The minimum Gasteiger partial charge on any atom is -0.593 e. The minimum absolute atomic E-state index is 0.349. The second kappa shape index (κ2) is 6.91. The smallest absolute Gasteiger partial charge is 0.178 e. The van der Waals surface area contributed by atoms with Gasteiger partial charge in [0.15, 0.2) is 26.8 Å². The Labute approximate surface area is 164 Å². The van der Waals surface area contributed by atoms with E-state index < -0.39 is 10.4 Å². The molecule has 2 fully saturated rings. The predicted octanol–water partition coefficient (Wildman–Crippen LogP) is 2.12. The van der Waals surface area contributed by atoms with Gasteiger partial charge >= 0.3 is 0 Å². The topological polar surface area (TPSA) is 89.7 Å². The number of benzene rings is 1. The summed E-state index contributed by atoms with van der Waals surface area (Å²) in [6.07, 6.45) is 3.04. The Morgan fingerprint density at radius 3 is 2.57 bits per heavy atom. The molecule has 1 unspecified atom stereocenters. The van der Waals surface area contributed by atoms with Crippen molar-refractivity contribution in [2.75, 3.05) is 31.1 Å². The zero-order valence-electron chi connectivity index (χ0n) is 15.5. The van der Waals surface area contributed by atoms with Crippen molar-refractivity contribution in [3.05, 3.63) is 48.3 Å². The monoisotopic (exact) mass is 398 g/mol. The summed E-state index contributed by atoms with van der Waals surface area (Å²) in [5.41, 5.74) is 0.758. The van der Waals surface area contributed by atoms with Crippen LogP contribution in [-0.4, -0.2) is 54.8 Å². The van der Waals surface area contributed by atoms with E-state index in [-0.39, 0.29) is 0 Å². The van der Waals surface area contributed by atoms with E-state index in [1.54, 1.807) is 28.6 Å². The van der Waals surface area contributed by atoms with Crippen molar-refractivity contribution < 1.29 is 8.76 Å². The van der Waals surface area contributed by atoms with E-state index in [1.165, 1.54) is 0 Å². The molecule has 2 aliphatic rings. The van der Waals surface area contributed by atoms with E-state index in [2.05, 4.69) is 15.1 Å². The number of anilines is 1. The van der Waals surface area contributed by atoms with Crippen LogP contribution in [0.25, 0.3) is 5.65 Å². The third kappa shape index (κ3) is 3.19. The van der Waals surface area contributed by atoms with Crippen LogP contribution in [-0.2, 0) is 14.6 Å². The van der Waals surface area contributed by atoms with Crippen LogP contribution in [0.2, 0.25) is 0 Å². The fourth-order valence-electron chi connectivity index (χ4n) is 3.67. The summed E-state index contributed by atoms with van der Waals surface area (Å²) in [6.45, 7) is 2.32. The quantitative estimate of drug-likeness (QED) is 0.626. The number of hydrogen-bond donors (Lipinski definition) is 0. The largest absolute Gasteiger partial charge is 0.593 e. The third-order valence-corrected chi connectivity index (χ3v) is 7.29. The lowest BCUT2D eigenvalue weighted by Crippen LogP contribution is -2.39. The minimum atomic E-state index is -3.47. The highest BCUT2D eigenvalue weighted by Crippen LogP contribution is 2.38. The summed E-state index contributed by atoms with van der Waals surface area (Å²) in [4.78, 5) is 2.50. The van der Waals surface area contributed by atoms with Crippen LogP contribution in [0.3, 0.4) is 0 Å². The zero-order valence-corrected chi connectivity index (χ0v) is 16.3. The maximum Gasteiger partial charge on any atom is 0.178 e. The molecule has 0 N–H and O–H groups in total. The average molecular weight is 398 g/mol. The van der Waals surface area contributed by atoms with Gasteiger partial charge in [-0.25, -0.2) is 0 Å². The van der Waals surface area contributed by atoms with E-state index in [9.17, 15) is 8.76 Å². The summed E-state index contributed by atoms with van der Waals surface area (Å²) in [7, 11) is -3.47. The standard InChI is InChI=1S/C19H22N6O2S/c26-28(27,16-5-2-1-3-6-16)24-12-4-11-23(13-14-24)18-10-9-17-20-21-19(15-7-8-15)25(17)22-18/h1-3,5-6,9-10,15H,4,7-8,11-14H2. The summed E-state index contributed by atoms with van der Waals surface area (Å²) >= 11 is 0. The first kappa shape index (κ1) is 17.7. The molecule has 1 saturated heterocycles. The van der Waals surface area contributed by atoms with E-state index >= 15 is 0 Å². The van der Waals surface area contributed by atoms with Crippen LogP contribution < -0.4 is 4.90 Å². The second-order valence-electron chi connectivity index (χ2n) is 7.35. The van der Waals surface area contributed by atoms with Gasteiger partial charge in [0.2, 0.25) is 0 Å². The van der Waals surface area contributed by atoms with Crippen molar-refractivity contribution >= 4 is 21.9 Å². The molecule has 0 spiro atoms. The molecule has 3 aromatic rings. The molecule has 1 aliphatic carbocycles. The van der Waals surface area contributed by atoms with E-state index in [0.717, 1.165) is 43.1 Å². The number of fused-ring (bicyclic) bond motifs is 1. The predicted molar refractivity (Wildman–Crippen MR) is 105 cm³/mol. The van der Waals surface area contributed by atoms with Crippen LogP contribution in [0.4, 0.5) is 5.82 Å². The lowest BCUT2D eigenvalue weighted by molar-refractivity contribution is 0.367. The van der Waals surface area contributed by atoms with E-state index in [1.807, 2.05) is 22.7 Å². The van der Waals surface area contributed by atoms with Crippen LogP contribution in [0.1, 0.15) is 31.0 Å². The Kier molecular flexibility index (Phi) is 4.37. The molecule has 8 nitrogen and oxygen atoms in total. The first-order valence-corrected chi connectivity index (χ1v) is 11.1. The van der Waals surface area contributed by atoms with Gasteiger partial charge < -0.3 is 9.45 Å². The second-order valence-corrected chi connectivity index (χ2v) is 9.29. The molecule has 0 amide bonds. The van der Waals surface area contributed by atoms with Gasteiger partial charge in [-0.15, -0.1) is 19.6 Å². The molecular formula is C19H22N6O2S. The van der Waals surface area contributed by atoms with Crippen molar-refractivity contribution in [1.82, 2.24) is 24.1 Å². The Hall–Kier alpha value is -2.36. The van der Waals surface area contributed by atoms with Crippen LogP contribution in [0.15, 0.2) is 47.4 Å². The average Bonchev–Trinajstić information content (AvgIpc) is 3.52. The van der Waals surface area contributed by atoms with E-state index in [0.29, 0.717) is 30.4 Å². The molecule has 1 atom stereocenters. The molecule has 146 valence electrons. The number of rotatable bonds is 4. The van der Waals surface area contributed by atoms with E-state index in [4.69, 9.17) is 5.10 Å². The Bertz CT molecular complexity index is 1040. The maximum atomic E-state index is 12.9. The number of hydrogen-bond acceptors (Lipinski definition) is 6. The van der Waals surface area contributed by atoms with Gasteiger partial charge in [0, 0.05) is 25.6 Å². The summed E-state index contributed by atoms with van der Waals surface area (Å²) in [6, 6.07) is 12.5. The van der Waals surface area contributed by atoms with Crippen molar-refractivity contribution in [1.29, 1.82) is 0 Å². The summed E-state index contributed by atoms with van der Waals surface area (Å²) < 4.78 is 29.3. The van der Waals surface area contributed by atoms with Crippen LogP contribution in [0.5, 0.6) is 0 Å². The Morgan fingerprint density at radius 2 is 1.79 bits per heavy atom. The zero-order chi connectivity index (χ0) is 19.1. The SMILES string of the molecule is O=[S+]([O-])(c1ccccc1)N1CCCN(c2ccc3nnc(C4CC4)n3n2)CC1. The van der Waals surface area contributed by atoms with Gasteiger partial charge in [-0.2, -0.15) is 4.52 Å². The normalized spacial score (nSPS) is 20.8. The highest BCUT2D eigenvalue weighted by molar-refractivity contribution is 7.95. The first-order valence-electron chi connectivity index (χ1n) is 9.65. The van der Waals surface area contributed by atoms with Gasteiger partial charge in [-0.1, -0.05) is 22.4 Å². The van der Waals surface area contributed by atoms with Gasteiger partial charge in [0.25, 0.3) is 0 Å². The van der Waals surface area contributed by atoms with Crippen molar-refractivity contribution in [3.63, 3.8) is 0 Å². The molecule has 1 saturated carbocycles. The summed E-state index contributed by atoms with van der Waals surface area (Å²) in [5, 5.41) is 13.2. The van der Waals surface area contributed by atoms with Crippen LogP contribution >= 0.6 is 0 Å². The Balaban J connectivity index is 1.36. The molecule has 1 aliphatic heterocycles. The van der Waals surface area contributed by atoms with Crippen molar-refractivity contribution in [3.8, 4) is 0 Å². The van der Waals surface area contributed by atoms with Crippen molar-refractivity contribution in [2.24, 2.45) is 0 Å². The van der Waals surface area contributed by atoms with Gasteiger partial charge in [0.05, 0.1) is 6.54 Å². The Morgan fingerprint density at radius 1 is 0.964 bits per heavy atom. The lowest BCUT2D eigenvalue weighted by atomic mass is 10.3. The molecule has 28 heavy (non-hydrogen) atoms. The molecule has 0 bridgehead atoms. The molecule has 9 heteroatoms. The highest BCUT2D eigenvalue weighted by atomic mass is 32.3. The fraction of sp³-hybridized carbons (Fsp3) is 0.421. The molecular weight excluding hydrogens is 376 g/mol. The number of nitrogens with zero attached hydrogens (tertiary/aromatic N) is 6. The number of aromatic nitrogens is 4. The van der Waals surface area contributed by atoms with Gasteiger partial charge in [-0.3, -0.25) is 0 Å².